The normalized spacial score (nSPS) is 24.1. The number of carbonyl (C=O) groups is 1. The largest absolute Gasteiger partial charge is 0.481 e. The van der Waals surface area contributed by atoms with Crippen molar-refractivity contribution in [2.45, 2.75) is 32.4 Å². The summed E-state index contributed by atoms with van der Waals surface area (Å²) in [6.07, 6.45) is 3.13. The number of rotatable bonds is 4. The molecule has 19 heavy (non-hydrogen) atoms. The van der Waals surface area contributed by atoms with Crippen molar-refractivity contribution in [1.29, 1.82) is 0 Å². The molecule has 5 nitrogen and oxygen atoms in total. The maximum atomic E-state index is 11.0. The minimum atomic E-state index is -0.676. The van der Waals surface area contributed by atoms with Crippen LogP contribution in [0.5, 0.6) is 5.88 Å². The molecule has 0 spiro atoms. The van der Waals surface area contributed by atoms with Crippen molar-refractivity contribution in [3.63, 3.8) is 0 Å². The van der Waals surface area contributed by atoms with Crippen LogP contribution in [0.25, 0.3) is 0 Å². The van der Waals surface area contributed by atoms with Crippen LogP contribution >= 0.6 is 0 Å². The van der Waals surface area contributed by atoms with Gasteiger partial charge in [-0.1, -0.05) is 6.07 Å². The van der Waals surface area contributed by atoms with Gasteiger partial charge in [0.25, 0.3) is 0 Å². The van der Waals surface area contributed by atoms with Gasteiger partial charge in [-0.2, -0.15) is 0 Å². The first-order chi connectivity index (χ1) is 9.11. The zero-order chi connectivity index (χ0) is 13.8. The number of pyridine rings is 1. The summed E-state index contributed by atoms with van der Waals surface area (Å²) in [5.74, 6) is -0.234. The molecule has 0 saturated carbocycles. The Morgan fingerprint density at radius 3 is 3.05 bits per heavy atom. The van der Waals surface area contributed by atoms with Crippen molar-refractivity contribution in [2.24, 2.45) is 5.92 Å². The number of hydrogen-bond acceptors (Lipinski definition) is 4. The first kappa shape index (κ1) is 13.8. The second kappa shape index (κ2) is 6.02. The van der Waals surface area contributed by atoms with Gasteiger partial charge in [0.15, 0.2) is 0 Å². The van der Waals surface area contributed by atoms with Gasteiger partial charge in [-0.25, -0.2) is 4.98 Å². The van der Waals surface area contributed by atoms with Gasteiger partial charge in [-0.15, -0.1) is 0 Å². The zero-order valence-electron chi connectivity index (χ0n) is 11.4. The Labute approximate surface area is 113 Å². The van der Waals surface area contributed by atoms with E-state index in [0.717, 1.165) is 18.7 Å². The van der Waals surface area contributed by atoms with Gasteiger partial charge in [-0.05, 0) is 32.4 Å². The van der Waals surface area contributed by atoms with E-state index in [1.54, 1.807) is 13.3 Å². The lowest BCUT2D eigenvalue weighted by Crippen LogP contribution is -2.42. The summed E-state index contributed by atoms with van der Waals surface area (Å²) in [6.45, 7) is 3.64. The number of nitrogens with zero attached hydrogens (tertiary/aromatic N) is 2. The van der Waals surface area contributed by atoms with Crippen LogP contribution in [0.1, 0.15) is 25.3 Å². The van der Waals surface area contributed by atoms with Crippen molar-refractivity contribution in [3.8, 4) is 5.88 Å². The quantitative estimate of drug-likeness (QED) is 0.898. The molecule has 1 saturated heterocycles. The lowest BCUT2D eigenvalue weighted by Gasteiger charge is -2.36. The number of likely N-dealkylation sites (tertiary alicyclic amines) is 1. The number of hydrogen-bond donors (Lipinski definition) is 1. The predicted molar refractivity (Wildman–Crippen MR) is 71.0 cm³/mol. The van der Waals surface area contributed by atoms with E-state index in [4.69, 9.17) is 9.84 Å². The smallest absolute Gasteiger partial charge is 0.306 e. The van der Waals surface area contributed by atoms with Crippen LogP contribution in [0.15, 0.2) is 18.3 Å². The lowest BCUT2D eigenvalue weighted by molar-refractivity contribution is -0.144. The van der Waals surface area contributed by atoms with Crippen LogP contribution in [0.4, 0.5) is 0 Å². The maximum absolute atomic E-state index is 11.0. The van der Waals surface area contributed by atoms with Gasteiger partial charge < -0.3 is 9.84 Å². The molecule has 0 aromatic carbocycles. The van der Waals surface area contributed by atoms with E-state index in [1.807, 2.05) is 12.1 Å². The molecule has 0 radical (unpaired) electrons. The Kier molecular flexibility index (Phi) is 4.37. The molecule has 1 N–H and O–H groups in total. The Morgan fingerprint density at radius 1 is 1.63 bits per heavy atom. The standard InChI is InChI=1S/C14H20N2O3/c1-10-8-11(14(17)18)5-7-16(10)9-12-4-3-6-15-13(12)19-2/h3-4,6,10-11H,5,7-9H2,1-2H3,(H,17,18). The number of aromatic nitrogens is 1. The van der Waals surface area contributed by atoms with E-state index in [1.165, 1.54) is 0 Å². The predicted octanol–water partition coefficient (Wildman–Crippen LogP) is 1.78. The van der Waals surface area contributed by atoms with E-state index >= 15 is 0 Å². The Bertz CT molecular complexity index is 450. The molecular formula is C14H20N2O3. The molecule has 1 aromatic heterocycles. The summed E-state index contributed by atoms with van der Waals surface area (Å²) >= 11 is 0. The molecule has 2 unspecified atom stereocenters. The van der Waals surface area contributed by atoms with Gasteiger partial charge in [0.1, 0.15) is 0 Å². The van der Waals surface area contributed by atoms with Gasteiger partial charge in [0.2, 0.25) is 5.88 Å². The topological polar surface area (TPSA) is 62.7 Å². The highest BCUT2D eigenvalue weighted by Gasteiger charge is 2.29. The molecule has 2 atom stereocenters. The average Bonchev–Trinajstić information content (AvgIpc) is 2.41. The number of carboxylic acids is 1. The summed E-state index contributed by atoms with van der Waals surface area (Å²) in [5.41, 5.74) is 1.05. The second-order valence-corrected chi connectivity index (χ2v) is 5.05. The number of carboxylic acid groups (broad SMARTS) is 1. The van der Waals surface area contributed by atoms with E-state index in [2.05, 4.69) is 16.8 Å². The molecular weight excluding hydrogens is 244 g/mol. The van der Waals surface area contributed by atoms with Gasteiger partial charge in [-0.3, -0.25) is 9.69 Å². The molecule has 1 aliphatic rings. The summed E-state index contributed by atoms with van der Waals surface area (Å²) in [5, 5.41) is 9.07. The highest BCUT2D eigenvalue weighted by Crippen LogP contribution is 2.26. The van der Waals surface area contributed by atoms with Crippen LogP contribution in [0.3, 0.4) is 0 Å². The molecule has 0 bridgehead atoms. The Balaban J connectivity index is 2.02. The third-order valence-corrected chi connectivity index (χ3v) is 3.78. The van der Waals surface area contributed by atoms with E-state index in [0.29, 0.717) is 18.7 Å². The third kappa shape index (κ3) is 3.23. The zero-order valence-corrected chi connectivity index (χ0v) is 11.4. The van der Waals surface area contributed by atoms with Crippen LogP contribution in [0, 0.1) is 5.92 Å². The molecule has 0 amide bonds. The monoisotopic (exact) mass is 264 g/mol. The number of piperidine rings is 1. The van der Waals surface area contributed by atoms with Gasteiger partial charge >= 0.3 is 5.97 Å². The minimum absolute atomic E-state index is 0.206. The molecule has 1 fully saturated rings. The first-order valence-corrected chi connectivity index (χ1v) is 6.56. The van der Waals surface area contributed by atoms with Crippen LogP contribution in [-0.4, -0.2) is 40.7 Å². The van der Waals surface area contributed by atoms with Crippen LogP contribution < -0.4 is 4.74 Å². The number of aliphatic carboxylic acids is 1. The summed E-state index contributed by atoms with van der Waals surface area (Å²) in [4.78, 5) is 17.5. The minimum Gasteiger partial charge on any atom is -0.481 e. The summed E-state index contributed by atoms with van der Waals surface area (Å²) in [7, 11) is 1.62. The first-order valence-electron chi connectivity index (χ1n) is 6.56. The van der Waals surface area contributed by atoms with Crippen molar-refractivity contribution in [2.75, 3.05) is 13.7 Å². The molecule has 1 aromatic rings. The Hall–Kier alpha value is -1.62. The average molecular weight is 264 g/mol. The van der Waals surface area contributed by atoms with Crippen molar-refractivity contribution in [1.82, 2.24) is 9.88 Å². The fourth-order valence-electron chi connectivity index (χ4n) is 2.63. The van der Waals surface area contributed by atoms with Gasteiger partial charge in [0.05, 0.1) is 13.0 Å². The molecule has 2 rings (SSSR count). The fourth-order valence-corrected chi connectivity index (χ4v) is 2.63. The summed E-state index contributed by atoms with van der Waals surface area (Å²) < 4.78 is 5.25. The van der Waals surface area contributed by atoms with Gasteiger partial charge in [0, 0.05) is 24.3 Å². The maximum Gasteiger partial charge on any atom is 0.306 e. The molecule has 2 heterocycles. The fraction of sp³-hybridized carbons (Fsp3) is 0.571. The van der Waals surface area contributed by atoms with E-state index in [-0.39, 0.29) is 12.0 Å². The molecule has 0 aliphatic carbocycles. The van der Waals surface area contributed by atoms with E-state index in [9.17, 15) is 4.79 Å². The van der Waals surface area contributed by atoms with E-state index < -0.39 is 5.97 Å². The highest BCUT2D eigenvalue weighted by atomic mass is 16.5. The van der Waals surface area contributed by atoms with Crippen molar-refractivity contribution < 1.29 is 14.6 Å². The molecule has 5 heteroatoms. The third-order valence-electron chi connectivity index (χ3n) is 3.78. The lowest BCUT2D eigenvalue weighted by atomic mass is 9.91. The van der Waals surface area contributed by atoms with Crippen molar-refractivity contribution in [3.05, 3.63) is 23.9 Å². The number of ether oxygens (including phenoxy) is 1. The van der Waals surface area contributed by atoms with Crippen LogP contribution in [0.2, 0.25) is 0 Å². The number of methoxy groups -OCH3 is 1. The summed E-state index contributed by atoms with van der Waals surface area (Å²) in [6, 6.07) is 4.16. The second-order valence-electron chi connectivity index (χ2n) is 5.05. The van der Waals surface area contributed by atoms with Crippen molar-refractivity contribution >= 4 is 5.97 Å². The molecule has 104 valence electrons. The Morgan fingerprint density at radius 2 is 2.42 bits per heavy atom. The van der Waals surface area contributed by atoms with Crippen LogP contribution in [-0.2, 0) is 11.3 Å². The molecule has 1 aliphatic heterocycles. The SMILES string of the molecule is COc1ncccc1CN1CCC(C(=O)O)CC1C. The highest BCUT2D eigenvalue weighted by molar-refractivity contribution is 5.70.